The maximum atomic E-state index is 13.1. The first-order valence-electron chi connectivity index (χ1n) is 9.04. The Hall–Kier alpha value is -3.36. The molecule has 2 aliphatic rings. The van der Waals surface area contributed by atoms with Crippen molar-refractivity contribution in [2.45, 2.75) is 12.6 Å². The molecule has 1 heterocycles. The SMILES string of the molecule is COC1=CC=C(OC)C2C=C(CCNC(=O)c3ccccc3C(F)(F)F)C(=O)N=C12. The van der Waals surface area contributed by atoms with Gasteiger partial charge in [0.25, 0.3) is 11.8 Å². The Bertz CT molecular complexity index is 990. The molecule has 0 bridgehead atoms. The maximum absolute atomic E-state index is 13.1. The van der Waals surface area contributed by atoms with Gasteiger partial charge in [0.1, 0.15) is 17.2 Å². The van der Waals surface area contributed by atoms with Crippen LogP contribution in [0.1, 0.15) is 22.3 Å². The van der Waals surface area contributed by atoms with Gasteiger partial charge in [-0.2, -0.15) is 13.2 Å². The number of carbonyl (C=O) groups excluding carboxylic acids is 2. The van der Waals surface area contributed by atoms with Crippen molar-refractivity contribution in [1.82, 2.24) is 5.32 Å². The van der Waals surface area contributed by atoms with E-state index in [0.29, 0.717) is 22.8 Å². The quantitative estimate of drug-likeness (QED) is 0.765. The van der Waals surface area contributed by atoms with Crippen LogP contribution < -0.4 is 5.32 Å². The average Bonchev–Trinajstić information content (AvgIpc) is 2.72. The minimum absolute atomic E-state index is 0.0286. The minimum Gasteiger partial charge on any atom is -0.500 e. The number of fused-ring (bicyclic) bond motifs is 1. The third kappa shape index (κ3) is 4.29. The zero-order valence-electron chi connectivity index (χ0n) is 16.2. The van der Waals surface area contributed by atoms with Gasteiger partial charge in [0.15, 0.2) is 0 Å². The van der Waals surface area contributed by atoms with Crippen LogP contribution >= 0.6 is 0 Å². The van der Waals surface area contributed by atoms with Crippen LogP contribution in [0.4, 0.5) is 13.2 Å². The van der Waals surface area contributed by atoms with Gasteiger partial charge in [0.05, 0.1) is 31.3 Å². The van der Waals surface area contributed by atoms with Gasteiger partial charge in [-0.05, 0) is 30.7 Å². The van der Waals surface area contributed by atoms with Crippen molar-refractivity contribution < 1.29 is 32.2 Å². The first-order chi connectivity index (χ1) is 14.3. The summed E-state index contributed by atoms with van der Waals surface area (Å²) in [4.78, 5) is 28.7. The van der Waals surface area contributed by atoms with Crippen LogP contribution in [-0.4, -0.2) is 38.3 Å². The number of hydrogen-bond acceptors (Lipinski definition) is 4. The number of rotatable bonds is 6. The van der Waals surface area contributed by atoms with Crippen molar-refractivity contribution in [2.75, 3.05) is 20.8 Å². The number of allylic oxidation sites excluding steroid dienone is 4. The molecular formula is C21H19F3N2O4. The van der Waals surface area contributed by atoms with Crippen molar-refractivity contribution >= 4 is 17.5 Å². The molecule has 1 unspecified atom stereocenters. The highest BCUT2D eigenvalue weighted by Crippen LogP contribution is 2.32. The fourth-order valence-electron chi connectivity index (χ4n) is 3.27. The van der Waals surface area contributed by atoms with E-state index in [2.05, 4.69) is 10.3 Å². The maximum Gasteiger partial charge on any atom is 0.417 e. The topological polar surface area (TPSA) is 77.0 Å². The summed E-state index contributed by atoms with van der Waals surface area (Å²) in [5.74, 6) is -0.754. The number of nitrogens with one attached hydrogen (secondary N) is 1. The molecule has 1 N–H and O–H groups in total. The fourth-order valence-corrected chi connectivity index (χ4v) is 3.27. The highest BCUT2D eigenvalue weighted by molar-refractivity contribution is 6.15. The summed E-state index contributed by atoms with van der Waals surface area (Å²) < 4.78 is 49.8. The molecular weight excluding hydrogens is 401 g/mol. The first kappa shape index (κ1) is 21.4. The summed E-state index contributed by atoms with van der Waals surface area (Å²) in [5, 5.41) is 2.43. The number of aliphatic imine (C=N–C) groups is 1. The lowest BCUT2D eigenvalue weighted by molar-refractivity contribution is -0.138. The van der Waals surface area contributed by atoms with E-state index in [1.165, 1.54) is 26.4 Å². The monoisotopic (exact) mass is 420 g/mol. The largest absolute Gasteiger partial charge is 0.500 e. The summed E-state index contributed by atoms with van der Waals surface area (Å²) in [6, 6.07) is 4.53. The Balaban J connectivity index is 1.70. The van der Waals surface area contributed by atoms with Gasteiger partial charge >= 0.3 is 6.18 Å². The number of halogens is 3. The molecule has 1 aromatic rings. The number of benzene rings is 1. The average molecular weight is 420 g/mol. The summed E-state index contributed by atoms with van der Waals surface area (Å²) in [6.45, 7) is -0.0286. The first-order valence-corrected chi connectivity index (χ1v) is 9.04. The van der Waals surface area contributed by atoms with Crippen LogP contribution in [0, 0.1) is 5.92 Å². The van der Waals surface area contributed by atoms with Crippen molar-refractivity contribution in [2.24, 2.45) is 10.9 Å². The van der Waals surface area contributed by atoms with Crippen LogP contribution in [0.25, 0.3) is 0 Å². The second kappa shape index (κ2) is 8.56. The minimum atomic E-state index is -4.64. The van der Waals surface area contributed by atoms with Crippen molar-refractivity contribution in [3.8, 4) is 0 Å². The lowest BCUT2D eigenvalue weighted by atomic mass is 9.89. The molecule has 3 rings (SSSR count). The van der Waals surface area contributed by atoms with Gasteiger partial charge < -0.3 is 14.8 Å². The summed E-state index contributed by atoms with van der Waals surface area (Å²) in [5.41, 5.74) is -0.733. The van der Waals surface area contributed by atoms with Crippen LogP contribution in [0.2, 0.25) is 0 Å². The van der Waals surface area contributed by atoms with Crippen molar-refractivity contribution in [3.63, 3.8) is 0 Å². The molecule has 0 fully saturated rings. The molecule has 158 valence electrons. The van der Waals surface area contributed by atoms with E-state index < -0.39 is 35.0 Å². The summed E-state index contributed by atoms with van der Waals surface area (Å²) >= 11 is 0. The predicted octanol–water partition coefficient (Wildman–Crippen LogP) is 3.42. The molecule has 1 aliphatic heterocycles. The van der Waals surface area contributed by atoms with Crippen LogP contribution in [0.5, 0.6) is 0 Å². The Morgan fingerprint density at radius 1 is 1.17 bits per heavy atom. The normalized spacial score (nSPS) is 18.4. The predicted molar refractivity (Wildman–Crippen MR) is 103 cm³/mol. The van der Waals surface area contributed by atoms with E-state index in [4.69, 9.17) is 9.47 Å². The van der Waals surface area contributed by atoms with Gasteiger partial charge in [-0.25, -0.2) is 4.99 Å². The van der Waals surface area contributed by atoms with Gasteiger partial charge in [-0.3, -0.25) is 9.59 Å². The van der Waals surface area contributed by atoms with Gasteiger partial charge in [0, 0.05) is 12.1 Å². The molecule has 6 nitrogen and oxygen atoms in total. The summed E-state index contributed by atoms with van der Waals surface area (Å²) in [7, 11) is 2.96. The number of hydrogen-bond donors (Lipinski definition) is 1. The van der Waals surface area contributed by atoms with Crippen molar-refractivity contribution in [3.05, 3.63) is 70.7 Å². The zero-order chi connectivity index (χ0) is 21.9. The Kier molecular flexibility index (Phi) is 6.09. The molecule has 2 amide bonds. The van der Waals surface area contributed by atoms with Gasteiger partial charge in [-0.15, -0.1) is 0 Å². The molecule has 0 saturated heterocycles. The second-order valence-corrected chi connectivity index (χ2v) is 6.53. The third-order valence-electron chi connectivity index (χ3n) is 4.73. The second-order valence-electron chi connectivity index (χ2n) is 6.53. The summed E-state index contributed by atoms with van der Waals surface area (Å²) in [6.07, 6.45) is 0.495. The number of dihydropyridines is 1. The molecule has 0 aromatic heterocycles. The van der Waals surface area contributed by atoms with Crippen LogP contribution in [0.15, 0.2) is 64.6 Å². The van der Waals surface area contributed by atoms with Crippen LogP contribution in [-0.2, 0) is 20.4 Å². The van der Waals surface area contributed by atoms with E-state index in [-0.39, 0.29) is 13.0 Å². The number of nitrogens with zero attached hydrogens (tertiary/aromatic N) is 1. The zero-order valence-corrected chi connectivity index (χ0v) is 16.2. The molecule has 1 aliphatic carbocycles. The standard InChI is InChI=1S/C21H19F3N2O4/c1-29-16-7-8-17(30-2)18-14(16)11-12(19(27)26-18)9-10-25-20(28)13-5-3-4-6-15(13)21(22,23)24/h3-8,11,14H,9-10H2,1-2H3,(H,25,28). The number of carbonyl (C=O) groups is 2. The Morgan fingerprint density at radius 2 is 1.90 bits per heavy atom. The van der Waals surface area contributed by atoms with Gasteiger partial charge in [0.2, 0.25) is 0 Å². The van der Waals surface area contributed by atoms with E-state index in [9.17, 15) is 22.8 Å². The Labute approximate surface area is 170 Å². The number of ether oxygens (including phenoxy) is 2. The number of amides is 2. The fraction of sp³-hybridized carbons (Fsp3) is 0.286. The molecule has 0 spiro atoms. The molecule has 0 radical (unpaired) electrons. The lowest BCUT2D eigenvalue weighted by Gasteiger charge is -2.26. The molecule has 1 atom stereocenters. The highest BCUT2D eigenvalue weighted by Gasteiger charge is 2.35. The number of alkyl halides is 3. The van der Waals surface area contributed by atoms with E-state index >= 15 is 0 Å². The lowest BCUT2D eigenvalue weighted by Crippen LogP contribution is -2.30. The van der Waals surface area contributed by atoms with E-state index in [1.807, 2.05) is 0 Å². The molecule has 9 heteroatoms. The van der Waals surface area contributed by atoms with E-state index in [1.54, 1.807) is 18.2 Å². The van der Waals surface area contributed by atoms with Crippen molar-refractivity contribution in [1.29, 1.82) is 0 Å². The third-order valence-corrected chi connectivity index (χ3v) is 4.73. The van der Waals surface area contributed by atoms with Crippen LogP contribution in [0.3, 0.4) is 0 Å². The highest BCUT2D eigenvalue weighted by atomic mass is 19.4. The van der Waals surface area contributed by atoms with Gasteiger partial charge in [-0.1, -0.05) is 18.2 Å². The number of methoxy groups -OCH3 is 2. The smallest absolute Gasteiger partial charge is 0.417 e. The van der Waals surface area contributed by atoms with E-state index in [0.717, 1.165) is 12.1 Å². The molecule has 30 heavy (non-hydrogen) atoms. The molecule has 1 aromatic carbocycles. The Morgan fingerprint density at radius 3 is 2.57 bits per heavy atom. The molecule has 0 saturated carbocycles.